The van der Waals surface area contributed by atoms with Crippen LogP contribution in [0.5, 0.6) is 0 Å². The van der Waals surface area contributed by atoms with E-state index in [-0.39, 0.29) is 13.0 Å². The van der Waals surface area contributed by atoms with Gasteiger partial charge in [0.25, 0.3) is 0 Å². The Balaban J connectivity index is 3.38. The normalized spacial score (nSPS) is 12.5. The largest absolute Gasteiger partial charge is 0.465 e. The van der Waals surface area contributed by atoms with Crippen LogP contribution in [-0.4, -0.2) is 30.3 Å². The van der Waals surface area contributed by atoms with Crippen LogP contribution in [0.1, 0.15) is 32.6 Å². The van der Waals surface area contributed by atoms with E-state index in [1.54, 1.807) is 0 Å². The zero-order chi connectivity index (χ0) is 10.1. The lowest BCUT2D eigenvalue weighted by molar-refractivity contribution is -0.145. The molecule has 0 radical (unpaired) electrons. The summed E-state index contributed by atoms with van der Waals surface area (Å²) in [5.74, 6) is -0.412. The van der Waals surface area contributed by atoms with Gasteiger partial charge in [0.05, 0.1) is 6.61 Å². The van der Waals surface area contributed by atoms with Crippen molar-refractivity contribution < 1.29 is 14.6 Å². The lowest BCUT2D eigenvalue weighted by Gasteiger charge is -2.09. The summed E-state index contributed by atoms with van der Waals surface area (Å²) in [5.41, 5.74) is 5.41. The van der Waals surface area contributed by atoms with Crippen LogP contribution >= 0.6 is 0 Å². The van der Waals surface area contributed by atoms with E-state index in [0.29, 0.717) is 6.61 Å². The van der Waals surface area contributed by atoms with E-state index in [0.717, 1.165) is 19.3 Å². The van der Waals surface area contributed by atoms with Crippen LogP contribution in [0.25, 0.3) is 0 Å². The molecular weight excluding hydrogens is 170 g/mol. The number of esters is 1. The number of aliphatic hydroxyl groups excluding tert-OH is 1. The van der Waals surface area contributed by atoms with Crippen molar-refractivity contribution >= 4 is 5.97 Å². The highest BCUT2D eigenvalue weighted by molar-refractivity contribution is 5.75. The molecule has 0 heterocycles. The third kappa shape index (κ3) is 6.54. The molecule has 0 fully saturated rings. The molecule has 0 saturated carbocycles. The molecule has 13 heavy (non-hydrogen) atoms. The van der Waals surface area contributed by atoms with Gasteiger partial charge in [-0.05, 0) is 12.8 Å². The van der Waals surface area contributed by atoms with E-state index in [2.05, 4.69) is 6.92 Å². The highest BCUT2D eigenvalue weighted by Crippen LogP contribution is 1.97. The Morgan fingerprint density at radius 2 is 2.23 bits per heavy atom. The highest BCUT2D eigenvalue weighted by atomic mass is 16.5. The minimum atomic E-state index is -0.674. The fraction of sp³-hybridized carbons (Fsp3) is 0.889. The molecule has 3 N–H and O–H groups in total. The summed E-state index contributed by atoms with van der Waals surface area (Å²) in [6.07, 6.45) is 3.31. The second-order valence-corrected chi connectivity index (χ2v) is 2.99. The first-order valence-corrected chi connectivity index (χ1v) is 4.75. The van der Waals surface area contributed by atoms with Crippen LogP contribution in [-0.2, 0) is 9.53 Å². The van der Waals surface area contributed by atoms with Gasteiger partial charge in [0.1, 0.15) is 6.04 Å². The Labute approximate surface area is 79.1 Å². The number of carbonyl (C=O) groups is 1. The average Bonchev–Trinajstić information content (AvgIpc) is 2.12. The monoisotopic (exact) mass is 189 g/mol. The topological polar surface area (TPSA) is 72.5 Å². The van der Waals surface area contributed by atoms with Gasteiger partial charge in [-0.2, -0.15) is 0 Å². The number of rotatable bonds is 7. The Kier molecular flexibility index (Phi) is 7.63. The number of ether oxygens (including phenoxy) is 1. The zero-order valence-electron chi connectivity index (χ0n) is 8.16. The quantitative estimate of drug-likeness (QED) is 0.450. The minimum absolute atomic E-state index is 0.0781. The summed E-state index contributed by atoms with van der Waals surface area (Å²) >= 11 is 0. The Hall–Kier alpha value is -0.610. The zero-order valence-corrected chi connectivity index (χ0v) is 8.16. The third-order valence-electron chi connectivity index (χ3n) is 1.74. The molecule has 4 heteroatoms. The predicted molar refractivity (Wildman–Crippen MR) is 50.2 cm³/mol. The third-order valence-corrected chi connectivity index (χ3v) is 1.74. The molecule has 0 saturated heterocycles. The number of aliphatic hydroxyl groups is 1. The molecule has 0 aromatic carbocycles. The van der Waals surface area contributed by atoms with E-state index in [1.807, 2.05) is 0 Å². The molecule has 0 unspecified atom stereocenters. The summed E-state index contributed by atoms with van der Waals surface area (Å²) in [4.78, 5) is 11.0. The number of nitrogens with two attached hydrogens (primary N) is 1. The molecule has 0 aliphatic rings. The fourth-order valence-corrected chi connectivity index (χ4v) is 0.889. The van der Waals surface area contributed by atoms with Crippen molar-refractivity contribution in [1.82, 2.24) is 0 Å². The molecule has 4 nitrogen and oxygen atoms in total. The van der Waals surface area contributed by atoms with Crippen molar-refractivity contribution in [3.63, 3.8) is 0 Å². The fourth-order valence-electron chi connectivity index (χ4n) is 0.889. The number of hydrogen-bond acceptors (Lipinski definition) is 4. The predicted octanol–water partition coefficient (Wildman–Crippen LogP) is 0.430. The summed E-state index contributed by atoms with van der Waals surface area (Å²) in [6.45, 7) is 2.44. The van der Waals surface area contributed by atoms with Gasteiger partial charge in [-0.25, -0.2) is 0 Å². The van der Waals surface area contributed by atoms with Gasteiger partial charge in [0, 0.05) is 6.61 Å². The molecule has 0 spiro atoms. The Morgan fingerprint density at radius 1 is 1.54 bits per heavy atom. The standard InChI is InChI=1S/C9H19NO3/c1-2-3-4-7-13-9(12)8(10)5-6-11/h8,11H,2-7,10H2,1H3/t8-/m1/s1. The van der Waals surface area contributed by atoms with Crippen molar-refractivity contribution in [3.8, 4) is 0 Å². The number of carbonyl (C=O) groups excluding carboxylic acids is 1. The second kappa shape index (κ2) is 8.01. The first kappa shape index (κ1) is 12.4. The minimum Gasteiger partial charge on any atom is -0.465 e. The van der Waals surface area contributed by atoms with E-state index >= 15 is 0 Å². The van der Waals surface area contributed by atoms with Crippen LogP contribution < -0.4 is 5.73 Å². The van der Waals surface area contributed by atoms with Gasteiger partial charge in [0.15, 0.2) is 0 Å². The van der Waals surface area contributed by atoms with Gasteiger partial charge < -0.3 is 15.6 Å². The maximum Gasteiger partial charge on any atom is 0.322 e. The number of hydrogen-bond donors (Lipinski definition) is 2. The van der Waals surface area contributed by atoms with E-state index in [9.17, 15) is 4.79 Å². The lowest BCUT2D eigenvalue weighted by Crippen LogP contribution is -2.33. The van der Waals surface area contributed by atoms with Crippen molar-refractivity contribution in [2.45, 2.75) is 38.6 Å². The average molecular weight is 189 g/mol. The maximum atomic E-state index is 11.0. The van der Waals surface area contributed by atoms with Crippen LogP contribution in [0.3, 0.4) is 0 Å². The van der Waals surface area contributed by atoms with Gasteiger partial charge >= 0.3 is 5.97 Å². The molecular formula is C9H19NO3. The van der Waals surface area contributed by atoms with Crippen LogP contribution in [0.2, 0.25) is 0 Å². The van der Waals surface area contributed by atoms with E-state index < -0.39 is 12.0 Å². The first-order valence-electron chi connectivity index (χ1n) is 4.75. The van der Waals surface area contributed by atoms with Gasteiger partial charge in [-0.1, -0.05) is 19.8 Å². The molecule has 0 amide bonds. The molecule has 0 aliphatic carbocycles. The van der Waals surface area contributed by atoms with Crippen molar-refractivity contribution in [3.05, 3.63) is 0 Å². The maximum absolute atomic E-state index is 11.0. The number of unbranched alkanes of at least 4 members (excludes halogenated alkanes) is 2. The Bertz CT molecular complexity index is 139. The first-order chi connectivity index (χ1) is 6.22. The SMILES string of the molecule is CCCCCOC(=O)[C@H](N)CCO. The molecule has 0 aromatic heterocycles. The highest BCUT2D eigenvalue weighted by Gasteiger charge is 2.13. The van der Waals surface area contributed by atoms with Crippen LogP contribution in [0, 0.1) is 0 Å². The Morgan fingerprint density at radius 3 is 2.77 bits per heavy atom. The van der Waals surface area contributed by atoms with Gasteiger partial charge in [0.2, 0.25) is 0 Å². The van der Waals surface area contributed by atoms with Gasteiger partial charge in [-0.15, -0.1) is 0 Å². The second-order valence-electron chi connectivity index (χ2n) is 2.99. The summed E-state index contributed by atoms with van der Waals surface area (Å²) in [7, 11) is 0. The van der Waals surface area contributed by atoms with E-state index in [4.69, 9.17) is 15.6 Å². The van der Waals surface area contributed by atoms with Crippen LogP contribution in [0.15, 0.2) is 0 Å². The summed E-state index contributed by atoms with van der Waals surface area (Å²) in [6, 6.07) is -0.674. The van der Waals surface area contributed by atoms with E-state index in [1.165, 1.54) is 0 Å². The van der Waals surface area contributed by atoms with Crippen molar-refractivity contribution in [1.29, 1.82) is 0 Å². The summed E-state index contributed by atoms with van der Waals surface area (Å²) < 4.78 is 4.88. The molecule has 78 valence electrons. The molecule has 1 atom stereocenters. The summed E-state index contributed by atoms with van der Waals surface area (Å²) in [5, 5.41) is 8.51. The van der Waals surface area contributed by atoms with Crippen molar-refractivity contribution in [2.75, 3.05) is 13.2 Å². The van der Waals surface area contributed by atoms with Crippen LogP contribution in [0.4, 0.5) is 0 Å². The molecule has 0 rings (SSSR count). The molecule has 0 bridgehead atoms. The van der Waals surface area contributed by atoms with Crippen molar-refractivity contribution in [2.24, 2.45) is 5.73 Å². The smallest absolute Gasteiger partial charge is 0.322 e. The molecule has 0 aliphatic heterocycles. The lowest BCUT2D eigenvalue weighted by atomic mass is 10.2. The van der Waals surface area contributed by atoms with Gasteiger partial charge in [-0.3, -0.25) is 4.79 Å². The molecule has 0 aromatic rings.